The molecule has 104 valence electrons. The van der Waals surface area contributed by atoms with E-state index in [1.165, 1.54) is 22.7 Å². The number of thiophene rings is 2. The second-order valence-electron chi connectivity index (χ2n) is 5.09. The summed E-state index contributed by atoms with van der Waals surface area (Å²) in [4.78, 5) is 23.5. The van der Waals surface area contributed by atoms with Gasteiger partial charge in [-0.05, 0) is 18.1 Å². The number of nitrogens with zero attached hydrogens (tertiary/aromatic N) is 1. The van der Waals surface area contributed by atoms with E-state index in [2.05, 4.69) is 18.4 Å². The summed E-state index contributed by atoms with van der Waals surface area (Å²) in [6.45, 7) is 5.32. The summed E-state index contributed by atoms with van der Waals surface area (Å²) in [5.41, 5.74) is 2.24. The lowest BCUT2D eigenvalue weighted by Gasteiger charge is -2.11. The van der Waals surface area contributed by atoms with Gasteiger partial charge >= 0.3 is 0 Å². The van der Waals surface area contributed by atoms with Crippen molar-refractivity contribution in [3.8, 4) is 0 Å². The van der Waals surface area contributed by atoms with E-state index in [-0.39, 0.29) is 0 Å². The van der Waals surface area contributed by atoms with E-state index in [0.717, 1.165) is 55.7 Å². The Labute approximate surface area is 124 Å². The van der Waals surface area contributed by atoms with Gasteiger partial charge in [-0.2, -0.15) is 0 Å². The molecule has 0 aromatic carbocycles. The molecule has 0 N–H and O–H groups in total. The fourth-order valence-electron chi connectivity index (χ4n) is 2.41. The van der Waals surface area contributed by atoms with Gasteiger partial charge in [0.05, 0.1) is 30.2 Å². The van der Waals surface area contributed by atoms with Crippen LogP contribution in [0.5, 0.6) is 0 Å². The Bertz CT molecular complexity index is 734. The van der Waals surface area contributed by atoms with E-state index < -0.39 is 0 Å². The van der Waals surface area contributed by atoms with Crippen LogP contribution in [0.15, 0.2) is 12.1 Å². The Kier molecular flexibility index (Phi) is 3.48. The van der Waals surface area contributed by atoms with Crippen molar-refractivity contribution < 1.29 is 9.59 Å². The first-order chi connectivity index (χ1) is 9.67. The summed E-state index contributed by atoms with van der Waals surface area (Å²) in [5, 5.41) is 0. The molecule has 1 atom stereocenters. The first kappa shape index (κ1) is 13.5. The molecule has 3 heterocycles. The molecule has 3 aromatic heterocycles. The normalized spacial score (nSPS) is 13.1. The minimum absolute atomic E-state index is 0.563. The molecule has 3 rings (SSSR count). The Morgan fingerprint density at radius 3 is 2.00 bits per heavy atom. The van der Waals surface area contributed by atoms with Crippen molar-refractivity contribution in [1.82, 2.24) is 4.57 Å². The zero-order chi connectivity index (χ0) is 14.3. The fourth-order valence-corrected chi connectivity index (χ4v) is 4.51. The molecule has 0 spiro atoms. The van der Waals surface area contributed by atoms with Crippen LogP contribution in [-0.4, -0.2) is 17.1 Å². The highest BCUT2D eigenvalue weighted by molar-refractivity contribution is 7.28. The van der Waals surface area contributed by atoms with Crippen LogP contribution in [0.2, 0.25) is 0 Å². The molecular weight excluding hydrogens is 290 g/mol. The molecule has 0 aliphatic carbocycles. The molecule has 0 radical (unpaired) electrons. The summed E-state index contributed by atoms with van der Waals surface area (Å²) in [5.74, 6) is 0.563. The first-order valence-corrected chi connectivity index (χ1v) is 8.27. The number of carbonyl (C=O) groups excluding carboxylic acids is 2. The van der Waals surface area contributed by atoms with Crippen LogP contribution in [0.25, 0.3) is 20.4 Å². The minimum atomic E-state index is 0.563. The Hall–Kier alpha value is -1.46. The van der Waals surface area contributed by atoms with Crippen LogP contribution in [0, 0.1) is 5.92 Å². The third-order valence-electron chi connectivity index (χ3n) is 3.67. The van der Waals surface area contributed by atoms with Crippen LogP contribution in [0.1, 0.15) is 39.6 Å². The summed E-state index contributed by atoms with van der Waals surface area (Å²) in [6.07, 6.45) is 2.91. The summed E-state index contributed by atoms with van der Waals surface area (Å²) in [7, 11) is 0. The summed E-state index contributed by atoms with van der Waals surface area (Å²) >= 11 is 3.02. The van der Waals surface area contributed by atoms with Crippen molar-refractivity contribution in [3.63, 3.8) is 0 Å². The van der Waals surface area contributed by atoms with Crippen LogP contribution < -0.4 is 0 Å². The molecule has 20 heavy (non-hydrogen) atoms. The predicted molar refractivity (Wildman–Crippen MR) is 85.4 cm³/mol. The number of aromatic nitrogens is 1. The Morgan fingerprint density at radius 2 is 1.60 bits per heavy atom. The molecule has 3 nitrogen and oxygen atoms in total. The highest BCUT2D eigenvalue weighted by Gasteiger charge is 2.18. The molecule has 1 unspecified atom stereocenters. The number of hydrogen-bond acceptors (Lipinski definition) is 4. The third kappa shape index (κ3) is 2.01. The van der Waals surface area contributed by atoms with Gasteiger partial charge in [-0.25, -0.2) is 0 Å². The van der Waals surface area contributed by atoms with E-state index >= 15 is 0 Å². The van der Waals surface area contributed by atoms with Crippen LogP contribution in [0.4, 0.5) is 0 Å². The fraction of sp³-hybridized carbons (Fsp3) is 0.333. The predicted octanol–water partition coefficient (Wildman–Crippen LogP) is 4.59. The van der Waals surface area contributed by atoms with Crippen molar-refractivity contribution in [3.05, 3.63) is 21.9 Å². The number of fused-ring (bicyclic) bond motifs is 3. The first-order valence-electron chi connectivity index (χ1n) is 6.63. The maximum atomic E-state index is 11.0. The van der Waals surface area contributed by atoms with Gasteiger partial charge < -0.3 is 4.57 Å². The van der Waals surface area contributed by atoms with Crippen molar-refractivity contribution in [2.75, 3.05) is 0 Å². The summed E-state index contributed by atoms with van der Waals surface area (Å²) < 4.78 is 4.51. The molecule has 0 aliphatic rings. The molecule has 3 aromatic rings. The number of rotatable bonds is 5. The second kappa shape index (κ2) is 5.14. The average molecular weight is 305 g/mol. The van der Waals surface area contributed by atoms with Gasteiger partial charge in [0.15, 0.2) is 12.6 Å². The molecule has 0 saturated heterocycles. The minimum Gasteiger partial charge on any atom is -0.339 e. The van der Waals surface area contributed by atoms with Gasteiger partial charge in [-0.3, -0.25) is 9.59 Å². The number of aldehydes is 2. The van der Waals surface area contributed by atoms with Gasteiger partial charge in [0.1, 0.15) is 0 Å². The maximum absolute atomic E-state index is 11.0. The SMILES string of the molecule is CCC(C)Cn1c2cc(C=O)sc2c2sc(C=O)cc21. The van der Waals surface area contributed by atoms with Crippen molar-refractivity contribution in [2.24, 2.45) is 5.92 Å². The lowest BCUT2D eigenvalue weighted by molar-refractivity contribution is 0.111. The van der Waals surface area contributed by atoms with Gasteiger partial charge in [0.2, 0.25) is 0 Å². The number of hydrogen-bond donors (Lipinski definition) is 0. The molecular formula is C15H15NO2S2. The second-order valence-corrected chi connectivity index (χ2v) is 7.25. The van der Waals surface area contributed by atoms with Crippen LogP contribution in [0.3, 0.4) is 0 Å². The maximum Gasteiger partial charge on any atom is 0.160 e. The molecule has 0 aliphatic heterocycles. The standard InChI is InChI=1S/C15H15NO2S2/c1-3-9(2)6-16-12-4-10(7-17)19-14(12)15-13(16)5-11(8-18)20-15/h4-5,7-9H,3,6H2,1-2H3. The Morgan fingerprint density at radius 1 is 1.10 bits per heavy atom. The summed E-state index contributed by atoms with van der Waals surface area (Å²) in [6, 6.07) is 3.92. The molecule has 0 bridgehead atoms. The van der Waals surface area contributed by atoms with Gasteiger partial charge in [-0.1, -0.05) is 20.3 Å². The molecule has 5 heteroatoms. The van der Waals surface area contributed by atoms with E-state index in [1.54, 1.807) is 0 Å². The van der Waals surface area contributed by atoms with E-state index in [4.69, 9.17) is 0 Å². The van der Waals surface area contributed by atoms with E-state index in [9.17, 15) is 9.59 Å². The number of carbonyl (C=O) groups is 2. The van der Waals surface area contributed by atoms with Crippen LogP contribution in [-0.2, 0) is 6.54 Å². The van der Waals surface area contributed by atoms with E-state index in [0.29, 0.717) is 5.92 Å². The molecule has 0 amide bonds. The lowest BCUT2D eigenvalue weighted by atomic mass is 10.1. The molecule has 0 fully saturated rings. The largest absolute Gasteiger partial charge is 0.339 e. The van der Waals surface area contributed by atoms with Crippen molar-refractivity contribution in [1.29, 1.82) is 0 Å². The Balaban J connectivity index is 2.28. The van der Waals surface area contributed by atoms with Gasteiger partial charge in [0.25, 0.3) is 0 Å². The van der Waals surface area contributed by atoms with E-state index in [1.807, 2.05) is 12.1 Å². The van der Waals surface area contributed by atoms with Crippen molar-refractivity contribution in [2.45, 2.75) is 26.8 Å². The van der Waals surface area contributed by atoms with Crippen LogP contribution >= 0.6 is 22.7 Å². The third-order valence-corrected chi connectivity index (χ3v) is 5.94. The smallest absolute Gasteiger partial charge is 0.160 e. The zero-order valence-corrected chi connectivity index (χ0v) is 13.0. The topological polar surface area (TPSA) is 39.1 Å². The highest BCUT2D eigenvalue weighted by atomic mass is 32.1. The molecule has 0 saturated carbocycles. The average Bonchev–Trinajstić information content (AvgIpc) is 3.11. The quantitative estimate of drug-likeness (QED) is 0.647. The zero-order valence-electron chi connectivity index (χ0n) is 11.4. The lowest BCUT2D eigenvalue weighted by Crippen LogP contribution is -2.05. The van der Waals surface area contributed by atoms with Gasteiger partial charge in [-0.15, -0.1) is 22.7 Å². The highest BCUT2D eigenvalue weighted by Crippen LogP contribution is 2.40. The monoisotopic (exact) mass is 305 g/mol. The van der Waals surface area contributed by atoms with Crippen molar-refractivity contribution >= 4 is 55.7 Å². The van der Waals surface area contributed by atoms with Gasteiger partial charge in [0, 0.05) is 6.54 Å².